The lowest BCUT2D eigenvalue weighted by molar-refractivity contribution is -0.136. The number of halogens is 2. The van der Waals surface area contributed by atoms with Gasteiger partial charge >= 0.3 is 11.9 Å². The van der Waals surface area contributed by atoms with E-state index in [1.807, 2.05) is 58.5 Å². The van der Waals surface area contributed by atoms with Gasteiger partial charge in [0.05, 0.1) is 36.7 Å². The Bertz CT molecular complexity index is 1280. The molecule has 260 valence electrons. The van der Waals surface area contributed by atoms with Gasteiger partial charge in [0.1, 0.15) is 11.4 Å². The van der Waals surface area contributed by atoms with Crippen molar-refractivity contribution < 1.29 is 19.1 Å². The van der Waals surface area contributed by atoms with Crippen molar-refractivity contribution in [3.05, 3.63) is 58.6 Å². The minimum absolute atomic E-state index is 0.133. The van der Waals surface area contributed by atoms with Gasteiger partial charge in [0.15, 0.2) is 0 Å². The van der Waals surface area contributed by atoms with Crippen LogP contribution in [-0.4, -0.2) is 48.7 Å². The third-order valence-corrected chi connectivity index (χ3v) is 9.99. The Hall–Kier alpha value is -3.10. The standard InChI is InChI=1S/C38H50Cl2N4O4/c39-29-17-21-31(22-18-29)43-33-15-11-7-3-1-5-9-13-25-47-37(45)36-28-34(44(42-36)32-23-19-30(40)20-24-32)16-12-8-4-2-6-10-14-26-48-38(46)35(27-33)41-43/h17-24,33-34H,1-16,25-28H2. The van der Waals surface area contributed by atoms with Gasteiger partial charge in [-0.2, -0.15) is 10.2 Å². The first kappa shape index (κ1) is 36.2. The van der Waals surface area contributed by atoms with Gasteiger partial charge in [-0.15, -0.1) is 0 Å². The number of esters is 2. The molecule has 8 nitrogen and oxygen atoms in total. The van der Waals surface area contributed by atoms with E-state index in [4.69, 9.17) is 42.9 Å². The van der Waals surface area contributed by atoms with Crippen LogP contribution in [0.15, 0.2) is 58.7 Å². The summed E-state index contributed by atoms with van der Waals surface area (Å²) in [5.74, 6) is -0.580. The summed E-state index contributed by atoms with van der Waals surface area (Å²) >= 11 is 12.3. The minimum Gasteiger partial charge on any atom is -0.461 e. The highest BCUT2D eigenvalue weighted by atomic mass is 35.5. The topological polar surface area (TPSA) is 83.8 Å². The summed E-state index contributed by atoms with van der Waals surface area (Å²) < 4.78 is 11.3. The molecule has 3 aliphatic heterocycles. The predicted octanol–water partition coefficient (Wildman–Crippen LogP) is 9.90. The zero-order valence-electron chi connectivity index (χ0n) is 28.1. The molecule has 2 unspecified atom stereocenters. The second-order valence-electron chi connectivity index (χ2n) is 13.3. The van der Waals surface area contributed by atoms with Gasteiger partial charge in [0, 0.05) is 22.9 Å². The van der Waals surface area contributed by atoms with Crippen LogP contribution < -0.4 is 10.0 Å². The fourth-order valence-corrected chi connectivity index (χ4v) is 7.03. The van der Waals surface area contributed by atoms with E-state index < -0.39 is 0 Å². The molecule has 0 aromatic heterocycles. The van der Waals surface area contributed by atoms with E-state index in [0.717, 1.165) is 114 Å². The third-order valence-electron chi connectivity index (χ3n) is 9.49. The second-order valence-corrected chi connectivity index (χ2v) is 14.1. The van der Waals surface area contributed by atoms with Gasteiger partial charge in [0.25, 0.3) is 0 Å². The zero-order chi connectivity index (χ0) is 33.6. The van der Waals surface area contributed by atoms with E-state index in [9.17, 15) is 9.59 Å². The van der Waals surface area contributed by atoms with Gasteiger partial charge in [-0.25, -0.2) is 9.59 Å². The Morgan fingerprint density at radius 3 is 1.21 bits per heavy atom. The number of fused-ring (bicyclic) bond motifs is 4. The number of hydrazone groups is 2. The fraction of sp³-hybridized carbons (Fsp3) is 0.579. The highest BCUT2D eigenvalue weighted by molar-refractivity contribution is 6.38. The Kier molecular flexibility index (Phi) is 14.5. The number of rotatable bonds is 2. The summed E-state index contributed by atoms with van der Waals surface area (Å²) in [5.41, 5.74) is 2.92. The van der Waals surface area contributed by atoms with E-state index in [1.54, 1.807) is 0 Å². The number of benzene rings is 2. The van der Waals surface area contributed by atoms with Crippen molar-refractivity contribution in [2.75, 3.05) is 23.2 Å². The lowest BCUT2D eigenvalue weighted by atomic mass is 10.0. The quantitative estimate of drug-likeness (QED) is 0.291. The second kappa shape index (κ2) is 19.2. The van der Waals surface area contributed by atoms with Crippen LogP contribution in [0.1, 0.15) is 116 Å². The third kappa shape index (κ3) is 11.0. The molecule has 3 heterocycles. The van der Waals surface area contributed by atoms with Gasteiger partial charge in [-0.1, -0.05) is 100 Å². The van der Waals surface area contributed by atoms with E-state index in [2.05, 4.69) is 0 Å². The Morgan fingerprint density at radius 1 is 0.500 bits per heavy atom. The van der Waals surface area contributed by atoms with Crippen LogP contribution in [0.5, 0.6) is 0 Å². The molecule has 48 heavy (non-hydrogen) atoms. The molecule has 10 heteroatoms. The molecule has 0 radical (unpaired) electrons. The molecule has 5 rings (SSSR count). The number of carbonyl (C=O) groups excluding carboxylic acids is 2. The summed E-state index contributed by atoms with van der Waals surface area (Å²) in [6, 6.07) is 15.6. The summed E-state index contributed by atoms with van der Waals surface area (Å²) in [5, 5.41) is 14.8. The van der Waals surface area contributed by atoms with E-state index in [0.29, 0.717) is 47.5 Å². The van der Waals surface area contributed by atoms with Crippen molar-refractivity contribution in [2.24, 2.45) is 10.2 Å². The van der Waals surface area contributed by atoms with Crippen molar-refractivity contribution in [1.29, 1.82) is 0 Å². The zero-order valence-corrected chi connectivity index (χ0v) is 29.6. The molecule has 2 aromatic rings. The summed E-state index contributed by atoms with van der Waals surface area (Å²) in [6.45, 7) is 0.854. The molecule has 0 aliphatic carbocycles. The van der Waals surface area contributed by atoms with E-state index in [1.165, 1.54) is 0 Å². The van der Waals surface area contributed by atoms with Gasteiger partial charge in [-0.3, -0.25) is 10.0 Å². The molecular formula is C38H50Cl2N4O4. The normalized spacial score (nSPS) is 23.4. The number of carbonyl (C=O) groups is 2. The molecule has 0 saturated carbocycles. The molecule has 2 atom stereocenters. The highest BCUT2D eigenvalue weighted by Crippen LogP contribution is 2.31. The minimum atomic E-state index is -0.290. The van der Waals surface area contributed by atoms with Crippen LogP contribution in [0, 0.1) is 0 Å². The van der Waals surface area contributed by atoms with Gasteiger partial charge in [-0.05, 0) is 74.2 Å². The number of anilines is 2. The molecule has 1 fully saturated rings. The van der Waals surface area contributed by atoms with Gasteiger partial charge in [0.2, 0.25) is 0 Å². The van der Waals surface area contributed by atoms with Crippen molar-refractivity contribution in [3.63, 3.8) is 0 Å². The van der Waals surface area contributed by atoms with Crippen LogP contribution >= 0.6 is 23.2 Å². The van der Waals surface area contributed by atoms with E-state index >= 15 is 0 Å². The Morgan fingerprint density at radius 2 is 0.833 bits per heavy atom. The molecule has 4 bridgehead atoms. The van der Waals surface area contributed by atoms with Crippen LogP contribution in [0.25, 0.3) is 0 Å². The molecule has 0 amide bonds. The van der Waals surface area contributed by atoms with Crippen molar-refractivity contribution in [2.45, 2.75) is 128 Å². The number of cyclic esters (lactones) is 2. The van der Waals surface area contributed by atoms with Crippen molar-refractivity contribution in [1.82, 2.24) is 0 Å². The largest absolute Gasteiger partial charge is 0.461 e. The molecule has 3 aliphatic rings. The lowest BCUT2D eigenvalue weighted by Crippen LogP contribution is -2.26. The molecular weight excluding hydrogens is 647 g/mol. The molecule has 0 spiro atoms. The predicted molar refractivity (Wildman–Crippen MR) is 195 cm³/mol. The van der Waals surface area contributed by atoms with E-state index in [-0.39, 0.29) is 24.0 Å². The smallest absolute Gasteiger partial charge is 0.354 e. The molecule has 0 N–H and O–H groups in total. The molecule has 2 aromatic carbocycles. The lowest BCUT2D eigenvalue weighted by Gasteiger charge is -2.23. The highest BCUT2D eigenvalue weighted by Gasteiger charge is 2.33. The average Bonchev–Trinajstić information content (AvgIpc) is 3.72. The molecule has 1 saturated heterocycles. The first-order valence-corrected chi connectivity index (χ1v) is 18.8. The monoisotopic (exact) mass is 696 g/mol. The summed E-state index contributed by atoms with van der Waals surface area (Å²) in [4.78, 5) is 25.9. The maximum absolute atomic E-state index is 13.0. The first-order valence-electron chi connectivity index (χ1n) is 18.1. The number of nitrogens with zero attached hydrogens (tertiary/aromatic N) is 4. The number of ether oxygens (including phenoxy) is 2. The summed E-state index contributed by atoms with van der Waals surface area (Å²) in [6.07, 6.45) is 18.1. The average molecular weight is 698 g/mol. The number of hydrogen-bond acceptors (Lipinski definition) is 8. The van der Waals surface area contributed by atoms with Crippen LogP contribution in [-0.2, 0) is 19.1 Å². The summed E-state index contributed by atoms with van der Waals surface area (Å²) in [7, 11) is 0. The van der Waals surface area contributed by atoms with Gasteiger partial charge < -0.3 is 9.47 Å². The SMILES string of the molecule is O=C1OCCCCCCCCCC2CC(=NN2c2ccc(Cl)cc2)C(=O)OCCCCCCCCCC2CC1=NN2c1ccc(Cl)cc1. The van der Waals surface area contributed by atoms with Crippen LogP contribution in [0.3, 0.4) is 0 Å². The maximum atomic E-state index is 13.0. The Labute approximate surface area is 295 Å². The maximum Gasteiger partial charge on any atom is 0.354 e. The fourth-order valence-electron chi connectivity index (χ4n) is 6.77. The Balaban J connectivity index is 1.14. The van der Waals surface area contributed by atoms with Crippen molar-refractivity contribution in [3.8, 4) is 0 Å². The van der Waals surface area contributed by atoms with Crippen LogP contribution in [0.4, 0.5) is 11.4 Å². The number of hydrogen-bond donors (Lipinski definition) is 0. The first-order chi connectivity index (χ1) is 23.5. The van der Waals surface area contributed by atoms with Crippen LogP contribution in [0.2, 0.25) is 10.0 Å². The van der Waals surface area contributed by atoms with Crippen molar-refractivity contribution >= 4 is 57.9 Å².